The van der Waals surface area contributed by atoms with Crippen molar-refractivity contribution in [3.8, 4) is 0 Å². The number of amides is 2. The molecule has 5 heteroatoms. The van der Waals surface area contributed by atoms with E-state index in [9.17, 15) is 9.59 Å². The molecule has 1 aromatic rings. The lowest BCUT2D eigenvalue weighted by atomic mass is 9.78. The van der Waals surface area contributed by atoms with Crippen LogP contribution in [-0.2, 0) is 9.59 Å². The summed E-state index contributed by atoms with van der Waals surface area (Å²) in [7, 11) is 0. The second-order valence-corrected chi connectivity index (χ2v) is 5.94. The number of carbonyl (C=O) groups excluding carboxylic acids is 2. The van der Waals surface area contributed by atoms with Gasteiger partial charge in [-0.15, -0.1) is 0 Å². The van der Waals surface area contributed by atoms with Crippen molar-refractivity contribution in [2.45, 2.75) is 57.0 Å². The monoisotopic (exact) mass is 287 g/mol. The highest BCUT2D eigenvalue weighted by Gasteiger charge is 2.51. The summed E-state index contributed by atoms with van der Waals surface area (Å²) in [6.45, 7) is 1.93. The van der Waals surface area contributed by atoms with E-state index in [0.717, 1.165) is 32.1 Å². The molecule has 1 N–H and O–H groups in total. The van der Waals surface area contributed by atoms with Gasteiger partial charge in [0.1, 0.15) is 11.6 Å². The third-order valence-electron chi connectivity index (χ3n) is 4.62. The van der Waals surface area contributed by atoms with E-state index in [1.54, 1.807) is 23.4 Å². The summed E-state index contributed by atoms with van der Waals surface area (Å²) in [6, 6.07) is 3.21. The van der Waals surface area contributed by atoms with E-state index in [1.807, 2.05) is 13.0 Å². The molecule has 2 heterocycles. The van der Waals surface area contributed by atoms with Crippen molar-refractivity contribution in [2.75, 3.05) is 4.90 Å². The van der Waals surface area contributed by atoms with E-state index >= 15 is 0 Å². The summed E-state index contributed by atoms with van der Waals surface area (Å²) < 4.78 is 0. The third-order valence-corrected chi connectivity index (χ3v) is 4.62. The van der Waals surface area contributed by atoms with E-state index < -0.39 is 11.6 Å². The predicted octanol–water partition coefficient (Wildman–Crippen LogP) is 2.03. The summed E-state index contributed by atoms with van der Waals surface area (Å²) in [5, 5.41) is 3.03. The minimum atomic E-state index is -0.698. The van der Waals surface area contributed by atoms with Gasteiger partial charge in [-0.1, -0.05) is 26.2 Å². The molecule has 0 aromatic carbocycles. The molecule has 112 valence electrons. The maximum absolute atomic E-state index is 13.1. The molecule has 1 unspecified atom stereocenters. The first-order valence-electron chi connectivity index (χ1n) is 7.74. The number of aromatic nitrogens is 1. The van der Waals surface area contributed by atoms with Crippen LogP contribution in [0, 0.1) is 0 Å². The molecule has 1 spiro atoms. The van der Waals surface area contributed by atoms with Gasteiger partial charge in [0.05, 0.1) is 11.9 Å². The molecule has 1 saturated heterocycles. The summed E-state index contributed by atoms with van der Waals surface area (Å²) in [5.74, 6) is -0.00972. The van der Waals surface area contributed by atoms with E-state index in [-0.39, 0.29) is 11.8 Å². The summed E-state index contributed by atoms with van der Waals surface area (Å²) in [6.07, 6.45) is 8.53. The van der Waals surface area contributed by atoms with Crippen molar-refractivity contribution in [1.82, 2.24) is 10.3 Å². The molecular formula is C16H21N3O2. The van der Waals surface area contributed by atoms with E-state index in [4.69, 9.17) is 0 Å². The fourth-order valence-electron chi connectivity index (χ4n) is 3.52. The first-order chi connectivity index (χ1) is 10.2. The standard InChI is InChI=1S/C16H21N3O2/c1-2-13-14(20)18-16(8-4-3-5-9-16)15(21)19(13)12-7-6-10-17-11-12/h6-7,10-11,13H,2-5,8-9H2,1H3,(H,18,20). The quantitative estimate of drug-likeness (QED) is 0.905. The zero-order valence-electron chi connectivity index (χ0n) is 12.3. The SMILES string of the molecule is CCC1C(=O)NC2(CCCCC2)C(=O)N1c1cccnc1. The van der Waals surface area contributed by atoms with Gasteiger partial charge in [-0.3, -0.25) is 19.5 Å². The lowest BCUT2D eigenvalue weighted by molar-refractivity contribution is -0.139. The highest BCUT2D eigenvalue weighted by molar-refractivity contribution is 6.10. The Balaban J connectivity index is 2.01. The van der Waals surface area contributed by atoms with Crippen LogP contribution in [0.25, 0.3) is 0 Å². The Morgan fingerprint density at radius 1 is 1.33 bits per heavy atom. The molecule has 1 atom stereocenters. The second-order valence-electron chi connectivity index (χ2n) is 5.94. The van der Waals surface area contributed by atoms with Crippen LogP contribution in [-0.4, -0.2) is 28.4 Å². The van der Waals surface area contributed by atoms with Crippen molar-refractivity contribution in [1.29, 1.82) is 0 Å². The van der Waals surface area contributed by atoms with Gasteiger partial charge in [0, 0.05) is 6.20 Å². The summed E-state index contributed by atoms with van der Waals surface area (Å²) >= 11 is 0. The van der Waals surface area contributed by atoms with Crippen LogP contribution in [0.1, 0.15) is 45.4 Å². The first-order valence-corrected chi connectivity index (χ1v) is 7.74. The van der Waals surface area contributed by atoms with Gasteiger partial charge >= 0.3 is 0 Å². The largest absolute Gasteiger partial charge is 0.340 e. The fraction of sp³-hybridized carbons (Fsp3) is 0.562. The van der Waals surface area contributed by atoms with Crippen LogP contribution < -0.4 is 10.2 Å². The number of hydrogen-bond donors (Lipinski definition) is 1. The molecule has 1 aliphatic heterocycles. The van der Waals surface area contributed by atoms with E-state index in [0.29, 0.717) is 12.1 Å². The van der Waals surface area contributed by atoms with Crippen molar-refractivity contribution in [2.24, 2.45) is 0 Å². The lowest BCUT2D eigenvalue weighted by Crippen LogP contribution is -2.71. The maximum atomic E-state index is 13.1. The van der Waals surface area contributed by atoms with Crippen molar-refractivity contribution in [3.05, 3.63) is 24.5 Å². The second kappa shape index (κ2) is 5.47. The topological polar surface area (TPSA) is 62.3 Å². The molecule has 2 aliphatic rings. The number of nitrogens with zero attached hydrogens (tertiary/aromatic N) is 2. The van der Waals surface area contributed by atoms with Gasteiger partial charge in [0.25, 0.3) is 5.91 Å². The van der Waals surface area contributed by atoms with Crippen molar-refractivity contribution in [3.63, 3.8) is 0 Å². The van der Waals surface area contributed by atoms with Crippen molar-refractivity contribution >= 4 is 17.5 Å². The van der Waals surface area contributed by atoms with E-state index in [2.05, 4.69) is 10.3 Å². The van der Waals surface area contributed by atoms with Gasteiger partial charge in [0.2, 0.25) is 5.91 Å². The lowest BCUT2D eigenvalue weighted by Gasteiger charge is -2.47. The number of pyridine rings is 1. The molecule has 5 nitrogen and oxygen atoms in total. The number of anilines is 1. The summed E-state index contributed by atoms with van der Waals surface area (Å²) in [4.78, 5) is 31.4. The van der Waals surface area contributed by atoms with Gasteiger partial charge in [-0.05, 0) is 31.4 Å². The zero-order valence-corrected chi connectivity index (χ0v) is 12.3. The van der Waals surface area contributed by atoms with Crippen LogP contribution in [0.5, 0.6) is 0 Å². The zero-order chi connectivity index (χ0) is 14.9. The van der Waals surface area contributed by atoms with Crippen LogP contribution in [0.2, 0.25) is 0 Å². The minimum Gasteiger partial charge on any atom is -0.340 e. The highest BCUT2D eigenvalue weighted by Crippen LogP contribution is 2.35. The Morgan fingerprint density at radius 2 is 2.10 bits per heavy atom. The molecule has 3 rings (SSSR count). The smallest absolute Gasteiger partial charge is 0.253 e. The Morgan fingerprint density at radius 3 is 2.71 bits per heavy atom. The predicted molar refractivity (Wildman–Crippen MR) is 79.8 cm³/mol. The fourth-order valence-corrected chi connectivity index (χ4v) is 3.52. The van der Waals surface area contributed by atoms with E-state index in [1.165, 1.54) is 0 Å². The number of carbonyl (C=O) groups is 2. The molecule has 1 aliphatic carbocycles. The highest BCUT2D eigenvalue weighted by atomic mass is 16.2. The Kier molecular flexibility index (Phi) is 3.66. The van der Waals surface area contributed by atoms with Gasteiger partial charge in [-0.2, -0.15) is 0 Å². The van der Waals surface area contributed by atoms with Gasteiger partial charge < -0.3 is 5.32 Å². The molecular weight excluding hydrogens is 266 g/mol. The van der Waals surface area contributed by atoms with Crippen LogP contribution in [0.3, 0.4) is 0 Å². The molecule has 1 aromatic heterocycles. The molecule has 0 radical (unpaired) electrons. The van der Waals surface area contributed by atoms with Crippen LogP contribution in [0.4, 0.5) is 5.69 Å². The minimum absolute atomic E-state index is 0.0293. The molecule has 2 fully saturated rings. The summed E-state index contributed by atoms with van der Waals surface area (Å²) in [5.41, 5.74) is 0.0192. The van der Waals surface area contributed by atoms with Crippen LogP contribution >= 0.6 is 0 Å². The molecule has 21 heavy (non-hydrogen) atoms. The number of rotatable bonds is 2. The Bertz CT molecular complexity index is 538. The average molecular weight is 287 g/mol. The first kappa shape index (κ1) is 14.0. The van der Waals surface area contributed by atoms with Crippen LogP contribution in [0.15, 0.2) is 24.5 Å². The van der Waals surface area contributed by atoms with Crippen molar-refractivity contribution < 1.29 is 9.59 Å². The Hall–Kier alpha value is -1.91. The maximum Gasteiger partial charge on any atom is 0.253 e. The third kappa shape index (κ3) is 2.30. The number of nitrogens with one attached hydrogen (secondary N) is 1. The average Bonchev–Trinajstić information content (AvgIpc) is 2.52. The number of hydrogen-bond acceptors (Lipinski definition) is 3. The number of piperazine rings is 1. The van der Waals surface area contributed by atoms with Gasteiger partial charge in [-0.25, -0.2) is 0 Å². The molecule has 1 saturated carbocycles. The molecule has 0 bridgehead atoms. The normalized spacial score (nSPS) is 25.0. The van der Waals surface area contributed by atoms with Gasteiger partial charge in [0.15, 0.2) is 0 Å². The Labute approximate surface area is 124 Å². The molecule has 2 amide bonds.